The van der Waals surface area contributed by atoms with E-state index < -0.39 is 5.82 Å². The molecule has 2 aromatic rings. The van der Waals surface area contributed by atoms with Crippen molar-refractivity contribution in [3.63, 3.8) is 0 Å². The molecule has 16 heavy (non-hydrogen) atoms. The summed E-state index contributed by atoms with van der Waals surface area (Å²) in [6.07, 6.45) is 1.59. The van der Waals surface area contributed by atoms with Crippen LogP contribution in [-0.2, 0) is 6.42 Å². The third kappa shape index (κ3) is 2.03. The number of aromatic hydroxyl groups is 1. The van der Waals surface area contributed by atoms with Gasteiger partial charge in [-0.2, -0.15) is 4.98 Å². The molecular formula is C11H11FN2O2. The molecule has 84 valence electrons. The summed E-state index contributed by atoms with van der Waals surface area (Å²) in [6.45, 7) is 2.00. The molecule has 0 atom stereocenters. The van der Waals surface area contributed by atoms with Crippen LogP contribution in [0.2, 0.25) is 0 Å². The lowest BCUT2D eigenvalue weighted by atomic mass is 10.2. The molecule has 0 radical (unpaired) electrons. The van der Waals surface area contributed by atoms with Crippen LogP contribution in [0.25, 0.3) is 11.5 Å². The summed E-state index contributed by atoms with van der Waals surface area (Å²) in [6, 6.07) is 3.59. The predicted molar refractivity (Wildman–Crippen MR) is 55.4 cm³/mol. The van der Waals surface area contributed by atoms with Crippen molar-refractivity contribution in [2.75, 3.05) is 0 Å². The SMILES string of the molecule is CCCc1noc(-c2cc(F)ccc2O)n1. The van der Waals surface area contributed by atoms with E-state index in [0.29, 0.717) is 12.2 Å². The molecule has 0 fully saturated rings. The number of hydrogen-bond donors (Lipinski definition) is 1. The first kappa shape index (κ1) is 10.6. The van der Waals surface area contributed by atoms with E-state index in [1.165, 1.54) is 18.2 Å². The van der Waals surface area contributed by atoms with Gasteiger partial charge in [-0.05, 0) is 24.6 Å². The summed E-state index contributed by atoms with van der Waals surface area (Å²) in [5.41, 5.74) is 0.217. The molecule has 1 N–H and O–H groups in total. The molecule has 0 saturated carbocycles. The zero-order valence-corrected chi connectivity index (χ0v) is 8.77. The monoisotopic (exact) mass is 222 g/mol. The van der Waals surface area contributed by atoms with Crippen molar-refractivity contribution < 1.29 is 14.0 Å². The minimum atomic E-state index is -0.456. The van der Waals surface area contributed by atoms with E-state index in [0.717, 1.165) is 6.42 Å². The lowest BCUT2D eigenvalue weighted by Crippen LogP contribution is -1.86. The second kappa shape index (κ2) is 4.30. The number of halogens is 1. The Kier molecular flexibility index (Phi) is 2.85. The van der Waals surface area contributed by atoms with Gasteiger partial charge in [-0.3, -0.25) is 0 Å². The average Bonchev–Trinajstić information content (AvgIpc) is 2.71. The lowest BCUT2D eigenvalue weighted by Gasteiger charge is -1.98. The van der Waals surface area contributed by atoms with Gasteiger partial charge in [0.2, 0.25) is 0 Å². The van der Waals surface area contributed by atoms with Gasteiger partial charge in [0.1, 0.15) is 11.6 Å². The van der Waals surface area contributed by atoms with Crippen LogP contribution >= 0.6 is 0 Å². The van der Waals surface area contributed by atoms with Crippen molar-refractivity contribution in [2.45, 2.75) is 19.8 Å². The fraction of sp³-hybridized carbons (Fsp3) is 0.273. The molecule has 5 heteroatoms. The van der Waals surface area contributed by atoms with Gasteiger partial charge in [-0.25, -0.2) is 4.39 Å². The van der Waals surface area contributed by atoms with Gasteiger partial charge in [0, 0.05) is 6.42 Å². The maximum absolute atomic E-state index is 13.0. The first-order chi connectivity index (χ1) is 7.70. The van der Waals surface area contributed by atoms with Crippen LogP contribution < -0.4 is 0 Å². The maximum atomic E-state index is 13.0. The van der Waals surface area contributed by atoms with Crippen LogP contribution in [0.1, 0.15) is 19.2 Å². The van der Waals surface area contributed by atoms with Crippen molar-refractivity contribution in [1.29, 1.82) is 0 Å². The van der Waals surface area contributed by atoms with E-state index in [-0.39, 0.29) is 17.2 Å². The van der Waals surface area contributed by atoms with Crippen LogP contribution in [0.4, 0.5) is 4.39 Å². The second-order valence-electron chi connectivity index (χ2n) is 3.43. The smallest absolute Gasteiger partial charge is 0.261 e. The van der Waals surface area contributed by atoms with Crippen molar-refractivity contribution in [3.05, 3.63) is 29.8 Å². The number of nitrogens with zero attached hydrogens (tertiary/aromatic N) is 2. The van der Waals surface area contributed by atoms with Crippen molar-refractivity contribution in [2.24, 2.45) is 0 Å². The third-order valence-electron chi connectivity index (χ3n) is 2.13. The first-order valence-electron chi connectivity index (χ1n) is 5.02. The summed E-state index contributed by atoms with van der Waals surface area (Å²) < 4.78 is 17.9. The lowest BCUT2D eigenvalue weighted by molar-refractivity contribution is 0.416. The van der Waals surface area contributed by atoms with Gasteiger partial charge in [0.05, 0.1) is 5.56 Å². The van der Waals surface area contributed by atoms with Crippen LogP contribution in [0.5, 0.6) is 5.75 Å². The standard InChI is InChI=1S/C11H11FN2O2/c1-2-3-10-13-11(16-14-10)8-6-7(12)4-5-9(8)15/h4-6,15H,2-3H2,1H3. The molecule has 0 unspecified atom stereocenters. The molecule has 1 heterocycles. The van der Waals surface area contributed by atoms with Crippen LogP contribution in [0.3, 0.4) is 0 Å². The Hall–Kier alpha value is -1.91. The van der Waals surface area contributed by atoms with E-state index in [1.807, 2.05) is 6.92 Å². The van der Waals surface area contributed by atoms with Gasteiger partial charge >= 0.3 is 0 Å². The first-order valence-corrected chi connectivity index (χ1v) is 5.02. The molecule has 2 rings (SSSR count). The highest BCUT2D eigenvalue weighted by molar-refractivity contribution is 5.61. The van der Waals surface area contributed by atoms with Crippen LogP contribution in [0, 0.1) is 5.82 Å². The van der Waals surface area contributed by atoms with E-state index in [2.05, 4.69) is 10.1 Å². The number of aromatic nitrogens is 2. The van der Waals surface area contributed by atoms with Crippen molar-refractivity contribution >= 4 is 0 Å². The molecule has 1 aromatic carbocycles. The predicted octanol–water partition coefficient (Wildman–Crippen LogP) is 2.53. The van der Waals surface area contributed by atoms with Crippen molar-refractivity contribution in [3.8, 4) is 17.2 Å². The Balaban J connectivity index is 2.38. The zero-order valence-electron chi connectivity index (χ0n) is 8.77. The molecule has 0 aliphatic heterocycles. The zero-order chi connectivity index (χ0) is 11.5. The highest BCUT2D eigenvalue weighted by Gasteiger charge is 2.13. The molecule has 0 bridgehead atoms. The topological polar surface area (TPSA) is 59.2 Å². The summed E-state index contributed by atoms with van der Waals surface area (Å²) >= 11 is 0. The quantitative estimate of drug-likeness (QED) is 0.866. The number of benzene rings is 1. The summed E-state index contributed by atoms with van der Waals surface area (Å²) in [7, 11) is 0. The Morgan fingerprint density at radius 3 is 3.00 bits per heavy atom. The normalized spacial score (nSPS) is 10.6. The minimum absolute atomic E-state index is 0.0758. The van der Waals surface area contributed by atoms with Gasteiger partial charge in [-0.15, -0.1) is 0 Å². The number of aryl methyl sites for hydroxylation is 1. The van der Waals surface area contributed by atoms with E-state index in [1.54, 1.807) is 0 Å². The van der Waals surface area contributed by atoms with Crippen LogP contribution in [0.15, 0.2) is 22.7 Å². The van der Waals surface area contributed by atoms with E-state index >= 15 is 0 Å². The van der Waals surface area contributed by atoms with Crippen LogP contribution in [-0.4, -0.2) is 15.2 Å². The molecule has 0 amide bonds. The number of hydrogen-bond acceptors (Lipinski definition) is 4. The summed E-state index contributed by atoms with van der Waals surface area (Å²) in [5, 5.41) is 13.3. The number of phenolic OH excluding ortho intramolecular Hbond substituents is 1. The number of phenols is 1. The fourth-order valence-corrected chi connectivity index (χ4v) is 1.37. The van der Waals surface area contributed by atoms with E-state index in [4.69, 9.17) is 4.52 Å². The second-order valence-corrected chi connectivity index (χ2v) is 3.43. The minimum Gasteiger partial charge on any atom is -0.507 e. The van der Waals surface area contributed by atoms with Gasteiger partial charge < -0.3 is 9.63 Å². The van der Waals surface area contributed by atoms with Crippen molar-refractivity contribution in [1.82, 2.24) is 10.1 Å². The molecule has 0 saturated heterocycles. The maximum Gasteiger partial charge on any atom is 0.261 e. The third-order valence-corrected chi connectivity index (χ3v) is 2.13. The van der Waals surface area contributed by atoms with Gasteiger partial charge in [-0.1, -0.05) is 12.1 Å². The average molecular weight is 222 g/mol. The summed E-state index contributed by atoms with van der Waals surface area (Å²) in [5.74, 6) is 0.165. The highest BCUT2D eigenvalue weighted by Crippen LogP contribution is 2.28. The fourth-order valence-electron chi connectivity index (χ4n) is 1.37. The van der Waals surface area contributed by atoms with E-state index in [9.17, 15) is 9.50 Å². The Bertz CT molecular complexity index is 496. The Morgan fingerprint density at radius 2 is 2.25 bits per heavy atom. The summed E-state index contributed by atoms with van der Waals surface area (Å²) in [4.78, 5) is 4.07. The molecule has 0 aliphatic carbocycles. The highest BCUT2D eigenvalue weighted by atomic mass is 19.1. The number of rotatable bonds is 3. The Morgan fingerprint density at radius 1 is 1.44 bits per heavy atom. The molecule has 4 nitrogen and oxygen atoms in total. The molecule has 0 spiro atoms. The Labute approximate surface area is 91.7 Å². The largest absolute Gasteiger partial charge is 0.507 e. The molecule has 0 aliphatic rings. The van der Waals surface area contributed by atoms with Gasteiger partial charge in [0.25, 0.3) is 5.89 Å². The molecular weight excluding hydrogens is 211 g/mol. The molecule has 1 aromatic heterocycles. The van der Waals surface area contributed by atoms with Gasteiger partial charge in [0.15, 0.2) is 5.82 Å².